The maximum absolute atomic E-state index is 12.5. The Bertz CT molecular complexity index is 96.6. The lowest BCUT2D eigenvalue weighted by atomic mass is 10.1. The second-order valence-electron chi connectivity index (χ2n) is 1.96. The maximum atomic E-state index is 12.5. The molecular weight excluding hydrogens is 111 g/mol. The summed E-state index contributed by atoms with van der Waals surface area (Å²) in [5.41, 5.74) is -1.67. The van der Waals surface area contributed by atoms with Crippen LogP contribution in [0.4, 0.5) is 4.39 Å². The summed E-state index contributed by atoms with van der Waals surface area (Å²) < 4.78 is 17.2. The summed E-state index contributed by atoms with van der Waals surface area (Å²) in [6.07, 6.45) is 0.538. The van der Waals surface area contributed by atoms with Crippen molar-refractivity contribution < 1.29 is 13.9 Å². The average Bonchev–Trinajstić information content (AvgIpc) is 2.17. The van der Waals surface area contributed by atoms with Gasteiger partial charge in [0.25, 0.3) is 0 Å². The normalized spacial score (nSPS) is 37.6. The molecular formula is C5H7FO2. The van der Waals surface area contributed by atoms with E-state index >= 15 is 0 Å². The van der Waals surface area contributed by atoms with Crippen molar-refractivity contribution in [3.63, 3.8) is 0 Å². The van der Waals surface area contributed by atoms with E-state index in [4.69, 9.17) is 0 Å². The number of halogens is 1. The third kappa shape index (κ3) is 0.865. The second-order valence-corrected chi connectivity index (χ2v) is 1.96. The summed E-state index contributed by atoms with van der Waals surface area (Å²) in [4.78, 5) is 9.87. The van der Waals surface area contributed by atoms with Gasteiger partial charge in [-0.2, -0.15) is 0 Å². The van der Waals surface area contributed by atoms with Crippen LogP contribution in [-0.2, 0) is 9.53 Å². The minimum absolute atomic E-state index is 0.0590. The Kier molecular flexibility index (Phi) is 1.29. The van der Waals surface area contributed by atoms with Crippen LogP contribution < -0.4 is 0 Å². The second kappa shape index (κ2) is 1.82. The van der Waals surface area contributed by atoms with Gasteiger partial charge in [0, 0.05) is 6.42 Å². The molecule has 1 heterocycles. The van der Waals surface area contributed by atoms with Gasteiger partial charge in [-0.15, -0.1) is 0 Å². The van der Waals surface area contributed by atoms with Crippen LogP contribution in [0.1, 0.15) is 6.42 Å². The summed E-state index contributed by atoms with van der Waals surface area (Å²) in [5.74, 6) is 0. The molecule has 1 fully saturated rings. The molecule has 1 unspecified atom stereocenters. The molecule has 0 aromatic carbocycles. The van der Waals surface area contributed by atoms with E-state index in [1.54, 1.807) is 0 Å². The molecule has 3 heteroatoms. The van der Waals surface area contributed by atoms with Gasteiger partial charge in [0.2, 0.25) is 0 Å². The van der Waals surface area contributed by atoms with Crippen molar-refractivity contribution in [2.45, 2.75) is 12.1 Å². The van der Waals surface area contributed by atoms with Gasteiger partial charge in [-0.25, -0.2) is 4.39 Å². The molecule has 0 bridgehead atoms. The highest BCUT2D eigenvalue weighted by Crippen LogP contribution is 2.19. The molecule has 0 saturated carbocycles. The number of rotatable bonds is 1. The summed E-state index contributed by atoms with van der Waals surface area (Å²) in [6.45, 7) is 0.311. The van der Waals surface area contributed by atoms with Gasteiger partial charge in [-0.3, -0.25) is 4.79 Å². The molecule has 0 aliphatic carbocycles. The average molecular weight is 118 g/mol. The molecule has 1 aliphatic rings. The fourth-order valence-corrected chi connectivity index (χ4v) is 0.649. The van der Waals surface area contributed by atoms with Crippen molar-refractivity contribution in [2.75, 3.05) is 13.2 Å². The van der Waals surface area contributed by atoms with E-state index in [9.17, 15) is 9.18 Å². The topological polar surface area (TPSA) is 26.3 Å². The Hall–Kier alpha value is -0.440. The van der Waals surface area contributed by atoms with E-state index in [-0.39, 0.29) is 13.0 Å². The van der Waals surface area contributed by atoms with Crippen LogP contribution in [0.5, 0.6) is 0 Å². The summed E-state index contributed by atoms with van der Waals surface area (Å²) >= 11 is 0. The van der Waals surface area contributed by atoms with Gasteiger partial charge in [0.1, 0.15) is 0 Å². The van der Waals surface area contributed by atoms with E-state index in [0.717, 1.165) is 0 Å². The van der Waals surface area contributed by atoms with E-state index in [1.165, 1.54) is 0 Å². The molecule has 0 spiro atoms. The van der Waals surface area contributed by atoms with Crippen molar-refractivity contribution in [3.8, 4) is 0 Å². The van der Waals surface area contributed by atoms with E-state index in [1.807, 2.05) is 0 Å². The molecule has 46 valence electrons. The Morgan fingerprint density at radius 1 is 1.75 bits per heavy atom. The molecule has 2 nitrogen and oxygen atoms in total. The molecule has 0 N–H and O–H groups in total. The highest BCUT2D eigenvalue weighted by molar-refractivity contribution is 5.62. The smallest absolute Gasteiger partial charge is 0.190 e. The van der Waals surface area contributed by atoms with Crippen LogP contribution in [0.25, 0.3) is 0 Å². The number of ether oxygens (including phenoxy) is 1. The van der Waals surface area contributed by atoms with Crippen molar-refractivity contribution in [3.05, 3.63) is 0 Å². The SMILES string of the molecule is O=CC1(F)CCOC1. The van der Waals surface area contributed by atoms with E-state index in [0.29, 0.717) is 12.9 Å². The number of aldehydes is 1. The van der Waals surface area contributed by atoms with Crippen LogP contribution in [-0.4, -0.2) is 25.2 Å². The molecule has 0 aromatic rings. The quantitative estimate of drug-likeness (QED) is 0.463. The number of hydrogen-bond acceptors (Lipinski definition) is 2. The van der Waals surface area contributed by atoms with Gasteiger partial charge in [-0.05, 0) is 0 Å². The van der Waals surface area contributed by atoms with Gasteiger partial charge in [0.05, 0.1) is 13.2 Å². The minimum Gasteiger partial charge on any atom is -0.378 e. The third-order valence-corrected chi connectivity index (χ3v) is 1.22. The maximum Gasteiger partial charge on any atom is 0.190 e. The first kappa shape index (κ1) is 5.69. The Balaban J connectivity index is 2.52. The Morgan fingerprint density at radius 2 is 2.50 bits per heavy atom. The van der Waals surface area contributed by atoms with Crippen LogP contribution in [0.3, 0.4) is 0 Å². The predicted octanol–water partition coefficient (Wildman–Crippen LogP) is 0.314. The molecule has 0 radical (unpaired) electrons. The van der Waals surface area contributed by atoms with Crippen molar-refractivity contribution in [1.29, 1.82) is 0 Å². The number of hydrogen-bond donors (Lipinski definition) is 0. The zero-order chi connectivity index (χ0) is 6.04. The standard InChI is InChI=1S/C5H7FO2/c6-5(3-7)1-2-8-4-5/h3H,1-2,4H2. The number of carbonyl (C=O) groups is 1. The van der Waals surface area contributed by atoms with Gasteiger partial charge >= 0.3 is 0 Å². The zero-order valence-corrected chi connectivity index (χ0v) is 4.39. The predicted molar refractivity (Wildman–Crippen MR) is 25.3 cm³/mol. The summed E-state index contributed by atoms with van der Waals surface area (Å²) in [5, 5.41) is 0. The molecule has 8 heavy (non-hydrogen) atoms. The minimum atomic E-state index is -1.67. The monoisotopic (exact) mass is 118 g/mol. The first-order valence-corrected chi connectivity index (χ1v) is 2.50. The molecule has 1 saturated heterocycles. The van der Waals surface area contributed by atoms with Gasteiger partial charge < -0.3 is 4.74 Å². The highest BCUT2D eigenvalue weighted by atomic mass is 19.1. The van der Waals surface area contributed by atoms with Crippen molar-refractivity contribution >= 4 is 6.29 Å². The fourth-order valence-electron chi connectivity index (χ4n) is 0.649. The fraction of sp³-hybridized carbons (Fsp3) is 0.800. The lowest BCUT2D eigenvalue weighted by Crippen LogP contribution is -2.23. The molecule has 0 aromatic heterocycles. The van der Waals surface area contributed by atoms with E-state index < -0.39 is 5.67 Å². The lowest BCUT2D eigenvalue weighted by molar-refractivity contribution is -0.117. The number of alkyl halides is 1. The summed E-state index contributed by atoms with van der Waals surface area (Å²) in [7, 11) is 0. The lowest BCUT2D eigenvalue weighted by Gasteiger charge is -2.04. The van der Waals surface area contributed by atoms with Crippen LogP contribution in [0.15, 0.2) is 0 Å². The third-order valence-electron chi connectivity index (χ3n) is 1.22. The Morgan fingerprint density at radius 3 is 2.75 bits per heavy atom. The Labute approximate surface area is 46.6 Å². The highest BCUT2D eigenvalue weighted by Gasteiger charge is 2.33. The molecule has 1 aliphatic heterocycles. The van der Waals surface area contributed by atoms with Gasteiger partial charge in [-0.1, -0.05) is 0 Å². The summed E-state index contributed by atoms with van der Waals surface area (Å²) in [6, 6.07) is 0. The molecule has 1 rings (SSSR count). The number of carbonyl (C=O) groups excluding carboxylic acids is 1. The molecule has 1 atom stereocenters. The first-order chi connectivity index (χ1) is 3.77. The van der Waals surface area contributed by atoms with Crippen molar-refractivity contribution in [2.24, 2.45) is 0 Å². The molecule has 0 amide bonds. The largest absolute Gasteiger partial charge is 0.378 e. The van der Waals surface area contributed by atoms with Crippen LogP contribution in [0.2, 0.25) is 0 Å². The van der Waals surface area contributed by atoms with Crippen LogP contribution in [0, 0.1) is 0 Å². The van der Waals surface area contributed by atoms with Crippen molar-refractivity contribution in [1.82, 2.24) is 0 Å². The van der Waals surface area contributed by atoms with E-state index in [2.05, 4.69) is 4.74 Å². The zero-order valence-electron chi connectivity index (χ0n) is 4.39. The van der Waals surface area contributed by atoms with Gasteiger partial charge in [0.15, 0.2) is 12.0 Å². The van der Waals surface area contributed by atoms with Crippen LogP contribution >= 0.6 is 0 Å². The first-order valence-electron chi connectivity index (χ1n) is 2.50.